The number of nitrogens with one attached hydrogen (secondary N) is 1. The van der Waals surface area contributed by atoms with Gasteiger partial charge in [0.25, 0.3) is 5.91 Å². The topological polar surface area (TPSA) is 59.8 Å². The summed E-state index contributed by atoms with van der Waals surface area (Å²) < 4.78 is 16.9. The molecule has 0 fully saturated rings. The summed E-state index contributed by atoms with van der Waals surface area (Å²) in [6, 6.07) is 10.0. The lowest BCUT2D eigenvalue weighted by atomic mass is 10.2. The van der Waals surface area contributed by atoms with Crippen molar-refractivity contribution in [3.8, 4) is 0 Å². The van der Waals surface area contributed by atoms with Crippen molar-refractivity contribution in [1.82, 2.24) is 14.8 Å². The maximum atomic E-state index is 13.8. The summed E-state index contributed by atoms with van der Waals surface area (Å²) in [5.41, 5.74) is 0.511. The maximum absolute atomic E-state index is 13.8. The van der Waals surface area contributed by atoms with E-state index in [9.17, 15) is 9.18 Å². The first-order chi connectivity index (χ1) is 13.0. The molecule has 0 aliphatic rings. The minimum atomic E-state index is -0.302. The van der Waals surface area contributed by atoms with Crippen LogP contribution in [0.2, 0.25) is 5.15 Å². The number of amides is 1. The van der Waals surface area contributed by atoms with Crippen molar-refractivity contribution in [2.45, 2.75) is 6.54 Å². The van der Waals surface area contributed by atoms with Gasteiger partial charge in [-0.05, 0) is 34.1 Å². The number of fused-ring (bicyclic) bond motifs is 1. The normalized spacial score (nSPS) is 11.1. The maximum Gasteiger partial charge on any atom is 0.267 e. The Bertz CT molecular complexity index is 1160. The van der Waals surface area contributed by atoms with Crippen molar-refractivity contribution in [2.75, 3.05) is 5.32 Å². The van der Waals surface area contributed by atoms with Gasteiger partial charge in [-0.15, -0.1) is 11.3 Å². The molecule has 0 bridgehead atoms. The molecule has 9 heteroatoms. The number of hydrogen-bond acceptors (Lipinski definition) is 4. The van der Waals surface area contributed by atoms with E-state index in [2.05, 4.69) is 31.3 Å². The highest BCUT2D eigenvalue weighted by Gasteiger charge is 2.16. The fourth-order valence-electron chi connectivity index (χ4n) is 2.58. The molecule has 4 rings (SSSR count). The van der Waals surface area contributed by atoms with Crippen LogP contribution in [0.1, 0.15) is 15.2 Å². The number of anilines is 1. The van der Waals surface area contributed by atoms with Crippen LogP contribution in [0, 0.1) is 5.82 Å². The van der Waals surface area contributed by atoms with E-state index in [4.69, 9.17) is 11.6 Å². The number of halogens is 3. The summed E-state index contributed by atoms with van der Waals surface area (Å²) in [6.45, 7) is 0.255. The Morgan fingerprint density at radius 2 is 2.15 bits per heavy atom. The van der Waals surface area contributed by atoms with Gasteiger partial charge >= 0.3 is 0 Å². The monoisotopic (exact) mass is 464 g/mol. The van der Waals surface area contributed by atoms with Crippen molar-refractivity contribution in [3.05, 3.63) is 74.7 Å². The van der Waals surface area contributed by atoms with E-state index >= 15 is 0 Å². The Balaban J connectivity index is 1.55. The summed E-state index contributed by atoms with van der Waals surface area (Å²) in [7, 11) is 0. The number of aromatic nitrogens is 3. The lowest BCUT2D eigenvalue weighted by Crippen LogP contribution is -2.11. The molecule has 0 saturated heterocycles. The molecule has 3 aromatic heterocycles. The first kappa shape index (κ1) is 18.1. The van der Waals surface area contributed by atoms with Crippen LogP contribution in [0.15, 0.2) is 53.3 Å². The van der Waals surface area contributed by atoms with Crippen LogP contribution in [0.25, 0.3) is 10.1 Å². The molecule has 1 amide bonds. The predicted octanol–water partition coefficient (Wildman–Crippen LogP) is 5.35. The van der Waals surface area contributed by atoms with Gasteiger partial charge in [-0.1, -0.05) is 29.8 Å². The molecule has 0 spiro atoms. The molecule has 0 radical (unpaired) electrons. The van der Waals surface area contributed by atoms with Gasteiger partial charge in [0.2, 0.25) is 0 Å². The van der Waals surface area contributed by atoms with Crippen molar-refractivity contribution in [2.24, 2.45) is 0 Å². The van der Waals surface area contributed by atoms with Gasteiger partial charge in [-0.2, -0.15) is 5.10 Å². The molecule has 3 heterocycles. The Morgan fingerprint density at radius 1 is 1.33 bits per heavy atom. The van der Waals surface area contributed by atoms with E-state index < -0.39 is 0 Å². The minimum absolute atomic E-state index is 0.255. The Morgan fingerprint density at radius 3 is 2.93 bits per heavy atom. The molecule has 136 valence electrons. The SMILES string of the molecule is O=C(Nc1nn(Cc2ccccc2F)cc1Br)c1cc2c(Cl)nccc2s1. The smallest absolute Gasteiger partial charge is 0.267 e. The summed E-state index contributed by atoms with van der Waals surface area (Å²) in [5.74, 6) is -0.243. The molecular weight excluding hydrogens is 455 g/mol. The van der Waals surface area contributed by atoms with E-state index in [1.807, 2.05) is 6.07 Å². The van der Waals surface area contributed by atoms with Gasteiger partial charge < -0.3 is 5.32 Å². The predicted molar refractivity (Wildman–Crippen MR) is 108 cm³/mol. The average Bonchev–Trinajstić information content (AvgIpc) is 3.22. The largest absolute Gasteiger partial charge is 0.303 e. The third-order valence-corrected chi connectivity index (χ3v) is 5.84. The van der Waals surface area contributed by atoms with Crippen LogP contribution in [0.3, 0.4) is 0 Å². The van der Waals surface area contributed by atoms with E-state index in [1.165, 1.54) is 17.4 Å². The number of hydrogen-bond donors (Lipinski definition) is 1. The zero-order valence-electron chi connectivity index (χ0n) is 13.6. The quantitative estimate of drug-likeness (QED) is 0.413. The van der Waals surface area contributed by atoms with Gasteiger partial charge in [0.1, 0.15) is 11.0 Å². The molecule has 1 N–H and O–H groups in total. The second-order valence-electron chi connectivity index (χ2n) is 5.69. The van der Waals surface area contributed by atoms with Crippen molar-refractivity contribution in [3.63, 3.8) is 0 Å². The van der Waals surface area contributed by atoms with E-state index in [1.54, 1.807) is 41.3 Å². The van der Waals surface area contributed by atoms with Gasteiger partial charge in [-0.3, -0.25) is 9.48 Å². The molecule has 0 atom stereocenters. The summed E-state index contributed by atoms with van der Waals surface area (Å²) in [5, 5.41) is 8.18. The third-order valence-electron chi connectivity index (χ3n) is 3.86. The Labute approximate surface area is 170 Å². The van der Waals surface area contributed by atoms with Crippen LogP contribution in [0.4, 0.5) is 10.2 Å². The fourth-order valence-corrected chi connectivity index (χ4v) is 4.21. The Kier molecular flexibility index (Phi) is 4.94. The molecule has 27 heavy (non-hydrogen) atoms. The zero-order valence-corrected chi connectivity index (χ0v) is 16.8. The molecular formula is C18H11BrClFN4OS. The van der Waals surface area contributed by atoms with Crippen molar-refractivity contribution >= 4 is 60.7 Å². The second kappa shape index (κ2) is 7.38. The van der Waals surface area contributed by atoms with Crippen LogP contribution < -0.4 is 5.32 Å². The minimum Gasteiger partial charge on any atom is -0.303 e. The van der Waals surface area contributed by atoms with Crippen LogP contribution >= 0.6 is 38.9 Å². The number of pyridine rings is 1. The second-order valence-corrected chi connectivity index (χ2v) is 7.99. The molecule has 0 aliphatic heterocycles. The molecule has 0 saturated carbocycles. The van der Waals surface area contributed by atoms with E-state index in [0.29, 0.717) is 25.9 Å². The average molecular weight is 466 g/mol. The molecule has 5 nitrogen and oxygen atoms in total. The van der Waals surface area contributed by atoms with Gasteiger partial charge in [0.15, 0.2) is 5.82 Å². The van der Waals surface area contributed by atoms with E-state index in [-0.39, 0.29) is 18.3 Å². The fraction of sp³-hybridized carbons (Fsp3) is 0.0556. The molecule has 1 aromatic carbocycles. The lowest BCUT2D eigenvalue weighted by molar-refractivity contribution is 0.103. The molecule has 4 aromatic rings. The third kappa shape index (κ3) is 3.73. The highest BCUT2D eigenvalue weighted by molar-refractivity contribution is 9.10. The van der Waals surface area contributed by atoms with Crippen molar-refractivity contribution < 1.29 is 9.18 Å². The number of rotatable bonds is 4. The first-order valence-electron chi connectivity index (χ1n) is 7.83. The summed E-state index contributed by atoms with van der Waals surface area (Å²) >= 11 is 10.8. The highest BCUT2D eigenvalue weighted by Crippen LogP contribution is 2.30. The lowest BCUT2D eigenvalue weighted by Gasteiger charge is -2.03. The van der Waals surface area contributed by atoms with Crippen molar-refractivity contribution in [1.29, 1.82) is 0 Å². The number of carbonyl (C=O) groups is 1. The van der Waals surface area contributed by atoms with Gasteiger partial charge in [0, 0.05) is 28.0 Å². The summed E-state index contributed by atoms with van der Waals surface area (Å²) in [6.07, 6.45) is 3.29. The Hall–Kier alpha value is -2.29. The van der Waals surface area contributed by atoms with Crippen LogP contribution in [0.5, 0.6) is 0 Å². The molecule has 0 aliphatic carbocycles. The summed E-state index contributed by atoms with van der Waals surface area (Å²) in [4.78, 5) is 17.1. The zero-order chi connectivity index (χ0) is 19.0. The number of benzene rings is 1. The number of carbonyl (C=O) groups excluding carboxylic acids is 1. The van der Waals surface area contributed by atoms with Crippen LogP contribution in [-0.4, -0.2) is 20.7 Å². The molecule has 0 unspecified atom stereocenters. The number of thiophene rings is 1. The standard InChI is InChI=1S/C18H11BrClFN4OS/c19-12-9-25(8-10-3-1-2-4-13(10)21)24-17(12)23-18(26)15-7-11-14(27-15)5-6-22-16(11)20/h1-7,9H,8H2,(H,23,24,26). The highest BCUT2D eigenvalue weighted by atomic mass is 79.9. The van der Waals surface area contributed by atoms with Crippen LogP contribution in [-0.2, 0) is 6.54 Å². The van der Waals surface area contributed by atoms with E-state index in [0.717, 1.165) is 10.1 Å². The van der Waals surface area contributed by atoms with Gasteiger partial charge in [0.05, 0.1) is 15.9 Å². The number of nitrogens with zero attached hydrogens (tertiary/aromatic N) is 3. The first-order valence-corrected chi connectivity index (χ1v) is 9.82. The van der Waals surface area contributed by atoms with Gasteiger partial charge in [-0.25, -0.2) is 9.37 Å².